The van der Waals surface area contributed by atoms with Gasteiger partial charge >= 0.3 is 6.18 Å². The molecule has 0 rings (SSSR count). The Bertz CT molecular complexity index is 106. The van der Waals surface area contributed by atoms with Gasteiger partial charge in [0.05, 0.1) is 0 Å². The number of rotatable bonds is 2. The van der Waals surface area contributed by atoms with E-state index in [4.69, 9.17) is 5.73 Å². The Morgan fingerprint density at radius 1 is 1.36 bits per heavy atom. The van der Waals surface area contributed by atoms with Crippen LogP contribution in [0.5, 0.6) is 0 Å². The van der Waals surface area contributed by atoms with Crippen molar-refractivity contribution in [2.75, 3.05) is 7.11 Å². The van der Waals surface area contributed by atoms with Gasteiger partial charge in [0.2, 0.25) is 0 Å². The molecule has 0 aliphatic rings. The number of methoxy groups -OCH3 is 1. The van der Waals surface area contributed by atoms with Gasteiger partial charge in [0.15, 0.2) is 6.10 Å². The summed E-state index contributed by atoms with van der Waals surface area (Å²) in [6.45, 7) is 1.25. The second-order valence-electron chi connectivity index (χ2n) is 2.06. The summed E-state index contributed by atoms with van der Waals surface area (Å²) in [5, 5.41) is 0. The topological polar surface area (TPSA) is 35.2 Å². The summed E-state index contributed by atoms with van der Waals surface area (Å²) in [5.74, 6) is 0. The van der Waals surface area contributed by atoms with Gasteiger partial charge in [-0.25, -0.2) is 0 Å². The summed E-state index contributed by atoms with van der Waals surface area (Å²) in [7, 11) is 0.988. The van der Waals surface area contributed by atoms with Crippen molar-refractivity contribution in [1.29, 1.82) is 0 Å². The molecule has 70 valence electrons. The Morgan fingerprint density at radius 3 is 1.73 bits per heavy atom. The fourth-order valence-corrected chi connectivity index (χ4v) is 0.646. The van der Waals surface area contributed by atoms with Gasteiger partial charge in [0.25, 0.3) is 0 Å². The van der Waals surface area contributed by atoms with Gasteiger partial charge in [-0.15, -0.1) is 12.4 Å². The molecule has 0 bridgehead atoms. The summed E-state index contributed by atoms with van der Waals surface area (Å²) >= 11 is 0. The molecule has 0 aromatic carbocycles. The van der Waals surface area contributed by atoms with E-state index in [1.54, 1.807) is 0 Å². The van der Waals surface area contributed by atoms with Crippen LogP contribution in [0, 0.1) is 0 Å². The highest BCUT2D eigenvalue weighted by atomic mass is 35.5. The maximum absolute atomic E-state index is 11.8. The lowest BCUT2D eigenvalue weighted by atomic mass is 10.2. The monoisotopic (exact) mass is 193 g/mol. The molecular weight excluding hydrogens is 183 g/mol. The van der Waals surface area contributed by atoms with Crippen molar-refractivity contribution in [3.63, 3.8) is 0 Å². The molecule has 2 N–H and O–H groups in total. The molecule has 0 radical (unpaired) electrons. The SMILES string of the molecule is COC(C(C)N)C(F)(F)F.Cl. The zero-order chi connectivity index (χ0) is 8.36. The number of ether oxygens (including phenoxy) is 1. The molecule has 11 heavy (non-hydrogen) atoms. The number of hydrogen-bond donors (Lipinski definition) is 1. The molecule has 0 aliphatic heterocycles. The average molecular weight is 194 g/mol. The van der Waals surface area contributed by atoms with E-state index in [1.807, 2.05) is 0 Å². The minimum absolute atomic E-state index is 0. The zero-order valence-corrected chi connectivity index (χ0v) is 7.00. The first kappa shape index (κ1) is 13.6. The Labute approximate surface area is 69.3 Å². The standard InChI is InChI=1S/C5H10F3NO.ClH/c1-3(9)4(10-2)5(6,7)8;/h3-4H,9H2,1-2H3;1H. The van der Waals surface area contributed by atoms with E-state index in [0.29, 0.717) is 0 Å². The molecule has 0 amide bonds. The van der Waals surface area contributed by atoms with Crippen molar-refractivity contribution < 1.29 is 17.9 Å². The number of hydrogen-bond acceptors (Lipinski definition) is 2. The van der Waals surface area contributed by atoms with Crippen molar-refractivity contribution in [3.05, 3.63) is 0 Å². The molecule has 0 aromatic rings. The van der Waals surface area contributed by atoms with Gasteiger partial charge in [0, 0.05) is 13.2 Å². The first-order valence-corrected chi connectivity index (χ1v) is 2.74. The number of alkyl halides is 3. The van der Waals surface area contributed by atoms with Crippen molar-refractivity contribution in [2.45, 2.75) is 25.2 Å². The Hall–Kier alpha value is -0.0000000000000000555. The molecule has 0 fully saturated rings. The lowest BCUT2D eigenvalue weighted by Crippen LogP contribution is -2.44. The first-order valence-electron chi connectivity index (χ1n) is 2.74. The molecule has 0 aromatic heterocycles. The minimum atomic E-state index is -4.36. The summed E-state index contributed by atoms with van der Waals surface area (Å²) in [6.07, 6.45) is -6.21. The summed E-state index contributed by atoms with van der Waals surface area (Å²) in [6, 6.07) is -1.02. The van der Waals surface area contributed by atoms with Crippen LogP contribution in [0.4, 0.5) is 13.2 Å². The second-order valence-corrected chi connectivity index (χ2v) is 2.06. The van der Waals surface area contributed by atoms with Gasteiger partial charge in [-0.05, 0) is 6.92 Å². The van der Waals surface area contributed by atoms with Crippen LogP contribution in [-0.4, -0.2) is 25.4 Å². The van der Waals surface area contributed by atoms with Crippen molar-refractivity contribution in [1.82, 2.24) is 0 Å². The fourth-order valence-electron chi connectivity index (χ4n) is 0.646. The van der Waals surface area contributed by atoms with Gasteiger partial charge < -0.3 is 10.5 Å². The van der Waals surface area contributed by atoms with E-state index in [2.05, 4.69) is 4.74 Å². The predicted octanol–water partition coefficient (Wildman–Crippen LogP) is 1.33. The van der Waals surface area contributed by atoms with Crippen LogP contribution in [0.2, 0.25) is 0 Å². The van der Waals surface area contributed by atoms with E-state index >= 15 is 0 Å². The van der Waals surface area contributed by atoms with E-state index < -0.39 is 18.3 Å². The lowest BCUT2D eigenvalue weighted by Gasteiger charge is -2.21. The van der Waals surface area contributed by atoms with Crippen LogP contribution in [0.3, 0.4) is 0 Å². The van der Waals surface area contributed by atoms with Gasteiger partial charge in [0.1, 0.15) is 0 Å². The number of halogens is 4. The Morgan fingerprint density at radius 2 is 1.73 bits per heavy atom. The molecule has 6 heteroatoms. The van der Waals surface area contributed by atoms with Crippen LogP contribution in [-0.2, 0) is 4.74 Å². The smallest absolute Gasteiger partial charge is 0.370 e. The van der Waals surface area contributed by atoms with Gasteiger partial charge in [-0.1, -0.05) is 0 Å². The molecular formula is C5H11ClF3NO. The quantitative estimate of drug-likeness (QED) is 0.718. The normalized spacial score (nSPS) is 16.9. The van der Waals surface area contributed by atoms with Crippen molar-refractivity contribution >= 4 is 12.4 Å². The summed E-state index contributed by atoms with van der Waals surface area (Å²) in [5.41, 5.74) is 4.99. The molecule has 0 spiro atoms. The van der Waals surface area contributed by atoms with E-state index in [9.17, 15) is 13.2 Å². The fraction of sp³-hybridized carbons (Fsp3) is 1.00. The molecule has 2 nitrogen and oxygen atoms in total. The van der Waals surface area contributed by atoms with Gasteiger partial charge in [-0.3, -0.25) is 0 Å². The molecule has 0 saturated carbocycles. The van der Waals surface area contributed by atoms with E-state index in [0.717, 1.165) is 7.11 Å². The zero-order valence-electron chi connectivity index (χ0n) is 6.18. The highest BCUT2D eigenvalue weighted by molar-refractivity contribution is 5.85. The molecule has 2 unspecified atom stereocenters. The third-order valence-electron chi connectivity index (χ3n) is 1.05. The molecule has 2 atom stereocenters. The van der Waals surface area contributed by atoms with Crippen LogP contribution in [0.15, 0.2) is 0 Å². The maximum atomic E-state index is 11.8. The molecule has 0 aliphatic carbocycles. The minimum Gasteiger partial charge on any atom is -0.370 e. The van der Waals surface area contributed by atoms with Crippen molar-refractivity contribution in [3.8, 4) is 0 Å². The van der Waals surface area contributed by atoms with Crippen LogP contribution in [0.1, 0.15) is 6.92 Å². The third-order valence-corrected chi connectivity index (χ3v) is 1.05. The Balaban J connectivity index is 0. The average Bonchev–Trinajstić information content (AvgIpc) is 1.60. The first-order chi connectivity index (χ1) is 4.39. The number of nitrogens with two attached hydrogens (primary N) is 1. The summed E-state index contributed by atoms with van der Waals surface area (Å²) < 4.78 is 39.4. The Kier molecular flexibility index (Phi) is 5.92. The molecule has 0 saturated heterocycles. The second kappa shape index (κ2) is 4.79. The van der Waals surface area contributed by atoms with Crippen LogP contribution >= 0.6 is 12.4 Å². The maximum Gasteiger partial charge on any atom is 0.416 e. The highest BCUT2D eigenvalue weighted by Gasteiger charge is 2.42. The van der Waals surface area contributed by atoms with Gasteiger partial charge in [-0.2, -0.15) is 13.2 Å². The predicted molar refractivity (Wildman–Crippen MR) is 37.7 cm³/mol. The lowest BCUT2D eigenvalue weighted by molar-refractivity contribution is -0.217. The highest BCUT2D eigenvalue weighted by Crippen LogP contribution is 2.23. The summed E-state index contributed by atoms with van der Waals surface area (Å²) in [4.78, 5) is 0. The van der Waals surface area contributed by atoms with Crippen molar-refractivity contribution in [2.24, 2.45) is 5.73 Å². The largest absolute Gasteiger partial charge is 0.416 e. The van der Waals surface area contributed by atoms with E-state index in [-0.39, 0.29) is 12.4 Å². The van der Waals surface area contributed by atoms with Crippen LogP contribution in [0.25, 0.3) is 0 Å². The van der Waals surface area contributed by atoms with Crippen LogP contribution < -0.4 is 5.73 Å². The third kappa shape index (κ3) is 4.44. The molecule has 0 heterocycles. The van der Waals surface area contributed by atoms with E-state index in [1.165, 1.54) is 6.92 Å².